The second-order valence-corrected chi connectivity index (χ2v) is 2.11. The van der Waals surface area contributed by atoms with Gasteiger partial charge in [-0.3, -0.25) is 9.83 Å². The van der Waals surface area contributed by atoms with Gasteiger partial charge in [0.25, 0.3) is 0 Å². The van der Waals surface area contributed by atoms with Crippen molar-refractivity contribution in [3.05, 3.63) is 0 Å². The van der Waals surface area contributed by atoms with Gasteiger partial charge in [0.05, 0.1) is 0 Å². The van der Waals surface area contributed by atoms with Crippen LogP contribution in [0.15, 0.2) is 0 Å². The fraction of sp³-hybridized carbons (Fsp3) is 0.667. The lowest BCUT2D eigenvalue weighted by Gasteiger charge is -2.10. The fourth-order valence-electron chi connectivity index (χ4n) is 0.115. The summed E-state index contributed by atoms with van der Waals surface area (Å²) in [6.07, 6.45) is 0. The number of hydrogen-bond acceptors (Lipinski definition) is 5. The summed E-state index contributed by atoms with van der Waals surface area (Å²) in [6.45, 7) is 0.668. The lowest BCUT2D eigenvalue weighted by atomic mass is 10.5. The molecule has 0 bridgehead atoms. The minimum atomic E-state index is -3.72. The van der Waals surface area contributed by atoms with Crippen molar-refractivity contribution in [1.82, 2.24) is 0 Å². The van der Waals surface area contributed by atoms with Crippen LogP contribution in [0, 0.1) is 0 Å². The van der Waals surface area contributed by atoms with Crippen molar-refractivity contribution < 1.29 is 28.2 Å². The average Bonchev–Trinajstić information content (AvgIpc) is 1.84. The molecule has 60 valence electrons. The minimum Gasteiger partial charge on any atom is -0.691 e. The summed E-state index contributed by atoms with van der Waals surface area (Å²) < 4.78 is 27.3. The van der Waals surface area contributed by atoms with Crippen LogP contribution in [-0.4, -0.2) is 11.0 Å². The lowest BCUT2D eigenvalue weighted by Crippen LogP contribution is -2.22. The van der Waals surface area contributed by atoms with Gasteiger partial charge >= 0.3 is 5.25 Å². The number of carbonyl (C=O) groups excluding carboxylic acids is 1. The second kappa shape index (κ2) is 3.81. The molecule has 0 fully saturated rings. The predicted octanol–water partition coefficient (Wildman–Crippen LogP) is 0.0399. The highest BCUT2D eigenvalue weighted by Crippen LogP contribution is 2.30. The van der Waals surface area contributed by atoms with E-state index in [9.17, 15) is 13.6 Å². The smallest absolute Gasteiger partial charge is 0.377 e. The van der Waals surface area contributed by atoms with Crippen molar-refractivity contribution in [2.24, 2.45) is 0 Å². The Labute approximate surface area is 59.2 Å². The van der Waals surface area contributed by atoms with Crippen molar-refractivity contribution in [1.29, 1.82) is 0 Å². The van der Waals surface area contributed by atoms with Gasteiger partial charge in [0.2, 0.25) is 5.78 Å². The van der Waals surface area contributed by atoms with Crippen LogP contribution in [0.25, 0.3) is 0 Å². The van der Waals surface area contributed by atoms with Crippen LogP contribution in [0.1, 0.15) is 6.92 Å². The summed E-state index contributed by atoms with van der Waals surface area (Å²) in [5, 5.41) is 7.90. The molecule has 7 heteroatoms. The molecule has 0 amide bonds. The SMILES string of the molecule is CC(=O)C(F)(F)SOO[O-]. The molecule has 0 atom stereocenters. The zero-order chi connectivity index (χ0) is 8.20. The molecule has 0 unspecified atom stereocenters. The predicted molar refractivity (Wildman–Crippen MR) is 25.4 cm³/mol. The number of alkyl halides is 2. The van der Waals surface area contributed by atoms with Crippen molar-refractivity contribution >= 4 is 17.8 Å². The van der Waals surface area contributed by atoms with Gasteiger partial charge in [0, 0.05) is 6.92 Å². The van der Waals surface area contributed by atoms with E-state index in [-0.39, 0.29) is 0 Å². The zero-order valence-electron chi connectivity index (χ0n) is 4.80. The van der Waals surface area contributed by atoms with Gasteiger partial charge in [-0.05, 0) is 0 Å². The first-order chi connectivity index (χ1) is 4.50. The third-order valence-electron chi connectivity index (χ3n) is 0.576. The first kappa shape index (κ1) is 9.76. The van der Waals surface area contributed by atoms with E-state index in [1.54, 1.807) is 0 Å². The van der Waals surface area contributed by atoms with Crippen LogP contribution in [0.3, 0.4) is 0 Å². The van der Waals surface area contributed by atoms with Crippen LogP contribution in [0.2, 0.25) is 0 Å². The molecule has 0 saturated heterocycles. The molecule has 10 heavy (non-hydrogen) atoms. The molecular weight excluding hydrogens is 170 g/mol. The molecule has 0 aromatic carbocycles. The molecule has 4 nitrogen and oxygen atoms in total. The number of ketones is 1. The lowest BCUT2D eigenvalue weighted by molar-refractivity contribution is -0.777. The van der Waals surface area contributed by atoms with Crippen LogP contribution in [-0.2, 0) is 14.2 Å². The van der Waals surface area contributed by atoms with E-state index in [0.29, 0.717) is 6.92 Å². The van der Waals surface area contributed by atoms with E-state index in [4.69, 9.17) is 5.26 Å². The van der Waals surface area contributed by atoms with Gasteiger partial charge in [0.1, 0.15) is 12.0 Å². The summed E-state index contributed by atoms with van der Waals surface area (Å²) in [5.41, 5.74) is 0. The maximum Gasteiger partial charge on any atom is 0.377 e. The Bertz CT molecular complexity index is 128. The third kappa shape index (κ3) is 3.06. The van der Waals surface area contributed by atoms with Gasteiger partial charge in [-0.2, -0.15) is 13.1 Å². The first-order valence-electron chi connectivity index (χ1n) is 2.04. The van der Waals surface area contributed by atoms with Gasteiger partial charge in [-0.25, -0.2) is 0 Å². The minimum absolute atomic E-state index is 0.631. The highest BCUT2D eigenvalue weighted by Gasteiger charge is 2.37. The molecule has 0 aliphatic heterocycles. The highest BCUT2D eigenvalue weighted by molar-refractivity contribution is 7.96. The molecular formula is C3H3F2O4S-. The van der Waals surface area contributed by atoms with Crippen molar-refractivity contribution in [2.75, 3.05) is 0 Å². The molecule has 0 saturated carbocycles. The molecule has 0 heterocycles. The number of carbonyl (C=O) groups is 1. The van der Waals surface area contributed by atoms with E-state index in [0.717, 1.165) is 0 Å². The Morgan fingerprint density at radius 2 is 2.20 bits per heavy atom. The Kier molecular flexibility index (Phi) is 3.72. The van der Waals surface area contributed by atoms with E-state index in [2.05, 4.69) is 9.37 Å². The van der Waals surface area contributed by atoms with E-state index in [1.165, 1.54) is 0 Å². The van der Waals surface area contributed by atoms with E-state index < -0.39 is 23.1 Å². The van der Waals surface area contributed by atoms with Gasteiger partial charge in [-0.1, -0.05) is 0 Å². The van der Waals surface area contributed by atoms with Crippen molar-refractivity contribution in [3.63, 3.8) is 0 Å². The van der Waals surface area contributed by atoms with Crippen molar-refractivity contribution in [2.45, 2.75) is 12.2 Å². The molecule has 0 aromatic rings. The molecule has 0 aliphatic carbocycles. The normalized spacial score (nSPS) is 11.6. The van der Waals surface area contributed by atoms with Crippen LogP contribution >= 0.6 is 12.0 Å². The number of rotatable bonds is 4. The number of Topliss-reactive ketones (excluding diaryl/α,β-unsaturated/α-hetero) is 1. The standard InChI is InChI=1S/C3H4F2O4S/c1-2(6)3(4,5)10-9-8-7/h7H,1H3/p-1. The quantitative estimate of drug-likeness (QED) is 0.341. The van der Waals surface area contributed by atoms with Crippen molar-refractivity contribution in [3.8, 4) is 0 Å². The summed E-state index contributed by atoms with van der Waals surface area (Å²) in [5.74, 6) is -1.41. The Morgan fingerprint density at radius 3 is 2.50 bits per heavy atom. The zero-order valence-corrected chi connectivity index (χ0v) is 5.61. The van der Waals surface area contributed by atoms with E-state index >= 15 is 0 Å². The third-order valence-corrected chi connectivity index (χ3v) is 1.20. The van der Waals surface area contributed by atoms with E-state index in [1.807, 2.05) is 0 Å². The Hall–Kier alpha value is -0.240. The maximum absolute atomic E-state index is 12.0. The average molecular weight is 173 g/mol. The molecule has 0 radical (unpaired) electrons. The molecule has 0 N–H and O–H groups in total. The highest BCUT2D eigenvalue weighted by atomic mass is 32.2. The topological polar surface area (TPSA) is 58.6 Å². The summed E-state index contributed by atoms with van der Waals surface area (Å²) >= 11 is -0.631. The molecule has 0 aromatic heterocycles. The molecule has 0 aliphatic rings. The Morgan fingerprint density at radius 1 is 1.70 bits per heavy atom. The number of halogens is 2. The van der Waals surface area contributed by atoms with Crippen LogP contribution < -0.4 is 5.26 Å². The Balaban J connectivity index is 3.75. The van der Waals surface area contributed by atoms with Crippen LogP contribution in [0.4, 0.5) is 8.78 Å². The second-order valence-electron chi connectivity index (χ2n) is 1.29. The summed E-state index contributed by atoms with van der Waals surface area (Å²) in [6, 6.07) is 0. The summed E-state index contributed by atoms with van der Waals surface area (Å²) in [4.78, 5) is 9.96. The van der Waals surface area contributed by atoms with Gasteiger partial charge in [-0.15, -0.1) is 0 Å². The monoisotopic (exact) mass is 173 g/mol. The maximum atomic E-state index is 12.0. The summed E-state index contributed by atoms with van der Waals surface area (Å²) in [7, 11) is 0. The molecule has 0 rings (SSSR count). The number of hydrogen-bond donors (Lipinski definition) is 0. The van der Waals surface area contributed by atoms with Gasteiger partial charge < -0.3 is 5.26 Å². The van der Waals surface area contributed by atoms with Crippen LogP contribution in [0.5, 0.6) is 0 Å². The fourth-order valence-corrected chi connectivity index (χ4v) is 0.346. The van der Waals surface area contributed by atoms with Gasteiger partial charge in [0.15, 0.2) is 0 Å². The largest absolute Gasteiger partial charge is 0.691 e. The first-order valence-corrected chi connectivity index (χ1v) is 2.78. The molecule has 0 spiro atoms.